The van der Waals surface area contributed by atoms with Crippen molar-refractivity contribution in [2.24, 2.45) is 23.7 Å². The first-order valence-electron chi connectivity index (χ1n) is 21.9. The van der Waals surface area contributed by atoms with Gasteiger partial charge in [0, 0.05) is 22.5 Å². The fourth-order valence-electron chi connectivity index (χ4n) is 12.4. The van der Waals surface area contributed by atoms with Gasteiger partial charge in [-0.25, -0.2) is 0 Å². The highest BCUT2D eigenvalue weighted by molar-refractivity contribution is 5.90. The monoisotopic (exact) mass is 761 g/mol. The summed E-state index contributed by atoms with van der Waals surface area (Å²) < 4.78 is 0. The van der Waals surface area contributed by atoms with Crippen LogP contribution >= 0.6 is 0 Å². The molecule has 3 aliphatic rings. The van der Waals surface area contributed by atoms with Gasteiger partial charge in [0.25, 0.3) is 0 Å². The van der Waals surface area contributed by atoms with Gasteiger partial charge >= 0.3 is 0 Å². The van der Waals surface area contributed by atoms with Crippen molar-refractivity contribution in [2.75, 3.05) is 4.90 Å². The molecule has 3 aliphatic carbocycles. The van der Waals surface area contributed by atoms with Gasteiger partial charge in [-0.1, -0.05) is 178 Å². The van der Waals surface area contributed by atoms with Crippen LogP contribution in [0.25, 0.3) is 21.9 Å². The zero-order valence-corrected chi connectivity index (χ0v) is 34.1. The molecule has 0 aliphatic heterocycles. The van der Waals surface area contributed by atoms with Crippen molar-refractivity contribution >= 4 is 27.8 Å². The summed E-state index contributed by atoms with van der Waals surface area (Å²) in [4.78, 5) is 2.52. The quantitative estimate of drug-likeness (QED) is 0.163. The molecule has 0 heterocycles. The highest BCUT2D eigenvalue weighted by Crippen LogP contribution is 2.67. The van der Waals surface area contributed by atoms with Crippen LogP contribution in [0.2, 0.25) is 0 Å². The summed E-state index contributed by atoms with van der Waals surface area (Å²) in [6.07, 6.45) is 5.05. The first-order chi connectivity index (χ1) is 29.0. The molecule has 1 nitrogen and oxygen atoms in total. The van der Waals surface area contributed by atoms with E-state index in [1.807, 2.05) is 0 Å². The molecular weight excluding hydrogens is 711 g/mol. The van der Waals surface area contributed by atoms with Gasteiger partial charge in [-0.2, -0.15) is 0 Å². The smallest absolute Gasteiger partial charge is 0.0707 e. The summed E-state index contributed by atoms with van der Waals surface area (Å²) in [5.74, 6) is 2.54. The largest absolute Gasteiger partial charge is 0.310 e. The van der Waals surface area contributed by atoms with Crippen LogP contribution in [0.1, 0.15) is 72.9 Å². The van der Waals surface area contributed by atoms with Gasteiger partial charge in [0.05, 0.1) is 5.41 Å². The van der Waals surface area contributed by atoms with Crippen LogP contribution in [0, 0.1) is 23.7 Å². The van der Waals surface area contributed by atoms with Crippen molar-refractivity contribution in [1.29, 1.82) is 0 Å². The van der Waals surface area contributed by atoms with Gasteiger partial charge in [0.2, 0.25) is 0 Å². The van der Waals surface area contributed by atoms with E-state index in [0.29, 0.717) is 23.7 Å². The molecule has 0 amide bonds. The first-order valence-corrected chi connectivity index (χ1v) is 21.9. The van der Waals surface area contributed by atoms with Gasteiger partial charge < -0.3 is 4.90 Å². The normalized spacial score (nSPS) is 22.7. The summed E-state index contributed by atoms with van der Waals surface area (Å²) in [5.41, 5.74) is 14.1. The number of hydrogen-bond donors (Lipinski definition) is 0. The van der Waals surface area contributed by atoms with E-state index in [1.54, 1.807) is 5.56 Å². The van der Waals surface area contributed by atoms with E-state index in [1.165, 1.54) is 86.8 Å². The second-order valence-electron chi connectivity index (χ2n) is 18.0. The number of fused-ring (bicyclic) bond motifs is 3. The molecule has 288 valence electrons. The van der Waals surface area contributed by atoms with Crippen molar-refractivity contribution in [3.63, 3.8) is 0 Å². The van der Waals surface area contributed by atoms with E-state index in [9.17, 15) is 0 Å². The molecule has 2 saturated carbocycles. The second-order valence-corrected chi connectivity index (χ2v) is 18.0. The molecule has 2 fully saturated rings. The molecule has 11 rings (SSSR count). The molecule has 59 heavy (non-hydrogen) atoms. The summed E-state index contributed by atoms with van der Waals surface area (Å²) in [6, 6.07) is 75.8. The number of anilines is 3. The van der Waals surface area contributed by atoms with Gasteiger partial charge in [0.15, 0.2) is 0 Å². The second kappa shape index (κ2) is 14.3. The minimum Gasteiger partial charge on any atom is -0.310 e. The van der Waals surface area contributed by atoms with Gasteiger partial charge in [-0.15, -0.1) is 0 Å². The van der Waals surface area contributed by atoms with Crippen LogP contribution in [-0.2, 0) is 10.8 Å². The molecule has 8 aromatic carbocycles. The third kappa shape index (κ3) is 5.58. The van der Waals surface area contributed by atoms with Crippen LogP contribution in [0.4, 0.5) is 17.1 Å². The number of benzene rings is 8. The van der Waals surface area contributed by atoms with Gasteiger partial charge in [-0.05, 0) is 141 Å². The lowest BCUT2D eigenvalue weighted by atomic mass is 9.41. The maximum Gasteiger partial charge on any atom is 0.0707 e. The number of nitrogens with zero attached hydrogens (tertiary/aromatic N) is 1. The Bertz CT molecular complexity index is 2700. The summed E-state index contributed by atoms with van der Waals surface area (Å²) in [7, 11) is 0. The third-order valence-corrected chi connectivity index (χ3v) is 14.6. The van der Waals surface area contributed by atoms with Crippen LogP contribution in [0.3, 0.4) is 0 Å². The third-order valence-electron chi connectivity index (χ3n) is 14.6. The zero-order valence-electron chi connectivity index (χ0n) is 34.1. The molecule has 1 heteroatoms. The minimum absolute atomic E-state index is 0.0970. The average molecular weight is 762 g/mol. The first kappa shape index (κ1) is 35.9. The van der Waals surface area contributed by atoms with Crippen LogP contribution < -0.4 is 4.90 Å². The van der Waals surface area contributed by atoms with E-state index in [4.69, 9.17) is 0 Å². The summed E-state index contributed by atoms with van der Waals surface area (Å²) in [6.45, 7) is 5.04. The maximum atomic E-state index is 2.66. The Labute approximate surface area is 350 Å². The van der Waals surface area contributed by atoms with Gasteiger partial charge in [-0.3, -0.25) is 0 Å². The van der Waals surface area contributed by atoms with E-state index in [0.717, 1.165) is 5.69 Å². The molecule has 0 saturated heterocycles. The number of rotatable bonds is 6. The van der Waals surface area contributed by atoms with E-state index < -0.39 is 5.41 Å². The molecule has 8 aromatic rings. The maximum absolute atomic E-state index is 2.66. The Morgan fingerprint density at radius 3 is 1.46 bits per heavy atom. The fourth-order valence-corrected chi connectivity index (χ4v) is 12.4. The molecule has 0 unspecified atom stereocenters. The summed E-state index contributed by atoms with van der Waals surface area (Å²) in [5, 5.41) is 2.50. The molecular formula is C58H51N. The van der Waals surface area contributed by atoms with E-state index >= 15 is 0 Å². The molecule has 0 N–H and O–H groups in total. The SMILES string of the molecule is CC1CC2CC(C)CC(C1)C21c2ccccc2C(c2ccccc2)(c2ccccc2)c2ccc(N(c3ccc(-c4ccccc4)cc3)c3ccc4ccccc4c3)cc21. The van der Waals surface area contributed by atoms with E-state index in [2.05, 4.69) is 219 Å². The van der Waals surface area contributed by atoms with Crippen molar-refractivity contribution in [3.05, 3.63) is 234 Å². The lowest BCUT2D eigenvalue weighted by molar-refractivity contribution is 0.0238. The Morgan fingerprint density at radius 2 is 0.831 bits per heavy atom. The van der Waals surface area contributed by atoms with Crippen molar-refractivity contribution in [3.8, 4) is 11.1 Å². The fraction of sp³-hybridized carbons (Fsp3) is 0.207. The molecule has 2 bridgehead atoms. The van der Waals surface area contributed by atoms with Crippen molar-refractivity contribution < 1.29 is 0 Å². The van der Waals surface area contributed by atoms with E-state index in [-0.39, 0.29) is 5.41 Å². The Morgan fingerprint density at radius 1 is 0.373 bits per heavy atom. The lowest BCUT2D eigenvalue weighted by Crippen LogP contribution is -2.56. The standard InChI is InChI=1S/C58H51N/c1-40-34-48-36-41(2)37-49(35-40)58(48)54-25-15-14-24-53(54)57(46-20-8-4-9-21-46,47-22-10-5-11-23-47)55-33-32-52(39-56(55)58)59(51-31-28-43-18-12-13-19-45(43)38-51)50-29-26-44(27-30-50)42-16-6-3-7-17-42/h3-33,38-41,48-49H,34-37H2,1-2H3. The van der Waals surface area contributed by atoms with Crippen molar-refractivity contribution in [2.45, 2.75) is 50.4 Å². The number of hydrogen-bond acceptors (Lipinski definition) is 1. The molecule has 0 atom stereocenters. The van der Waals surface area contributed by atoms with Crippen LogP contribution in [0.15, 0.2) is 200 Å². The Balaban J connectivity index is 1.22. The van der Waals surface area contributed by atoms with Crippen molar-refractivity contribution in [1.82, 2.24) is 0 Å². The topological polar surface area (TPSA) is 3.24 Å². The van der Waals surface area contributed by atoms with Crippen LogP contribution in [-0.4, -0.2) is 0 Å². The minimum atomic E-state index is -0.480. The van der Waals surface area contributed by atoms with Crippen LogP contribution in [0.5, 0.6) is 0 Å². The predicted molar refractivity (Wildman–Crippen MR) is 247 cm³/mol. The zero-order chi connectivity index (χ0) is 39.6. The lowest BCUT2D eigenvalue weighted by Gasteiger charge is -2.62. The molecule has 0 radical (unpaired) electrons. The van der Waals surface area contributed by atoms with Gasteiger partial charge in [0.1, 0.15) is 0 Å². The molecule has 0 aromatic heterocycles. The Kier molecular flexibility index (Phi) is 8.70. The Hall–Kier alpha value is -6.18. The molecule has 1 spiro atoms. The summed E-state index contributed by atoms with van der Waals surface area (Å²) >= 11 is 0. The predicted octanol–water partition coefficient (Wildman–Crippen LogP) is 15.1. The highest BCUT2D eigenvalue weighted by atomic mass is 15.1. The average Bonchev–Trinajstić information content (AvgIpc) is 3.28. The highest BCUT2D eigenvalue weighted by Gasteiger charge is 2.61.